The van der Waals surface area contributed by atoms with Gasteiger partial charge in [-0.3, -0.25) is 9.59 Å². The van der Waals surface area contributed by atoms with E-state index in [1.165, 1.54) is 24.3 Å². The normalized spacial score (nSPS) is 13.8. The Morgan fingerprint density at radius 3 is 2.29 bits per heavy atom. The van der Waals surface area contributed by atoms with E-state index in [-0.39, 0.29) is 17.4 Å². The molecule has 2 N–H and O–H groups in total. The molecule has 1 heterocycles. The van der Waals surface area contributed by atoms with Gasteiger partial charge in [-0.05, 0) is 46.1 Å². The van der Waals surface area contributed by atoms with Crippen molar-refractivity contribution < 1.29 is 23.5 Å². The van der Waals surface area contributed by atoms with Crippen LogP contribution in [-0.2, 0) is 4.79 Å². The van der Waals surface area contributed by atoms with Crippen LogP contribution in [0.2, 0.25) is 0 Å². The van der Waals surface area contributed by atoms with E-state index in [1.807, 2.05) is 13.8 Å². The zero-order valence-corrected chi connectivity index (χ0v) is 17.0. The minimum atomic E-state index is -0.780. The van der Waals surface area contributed by atoms with Gasteiger partial charge in [-0.25, -0.2) is 4.39 Å². The Bertz CT molecular complexity index is 887. The van der Waals surface area contributed by atoms with Crippen LogP contribution in [0.4, 0.5) is 10.1 Å². The Morgan fingerprint density at radius 2 is 1.68 bits per heavy atom. The van der Waals surface area contributed by atoms with E-state index in [2.05, 4.69) is 26.6 Å². The molecule has 0 fully saturated rings. The molecule has 0 spiro atoms. The smallest absolute Gasteiger partial charge is 0.251 e. The molecular formula is C20H20BrFN2O4. The Labute approximate surface area is 170 Å². The van der Waals surface area contributed by atoms with Gasteiger partial charge in [-0.15, -0.1) is 0 Å². The molecule has 28 heavy (non-hydrogen) atoms. The second-order valence-corrected chi connectivity index (χ2v) is 7.52. The third-order valence-corrected chi connectivity index (χ3v) is 4.89. The molecule has 2 amide bonds. The first-order valence-electron chi connectivity index (χ1n) is 8.81. The summed E-state index contributed by atoms with van der Waals surface area (Å²) in [5.74, 6) is -0.279. The fourth-order valence-corrected chi connectivity index (χ4v) is 3.15. The molecule has 2 aromatic carbocycles. The molecule has 0 radical (unpaired) electrons. The van der Waals surface area contributed by atoms with Crippen LogP contribution in [0.5, 0.6) is 11.5 Å². The average Bonchev–Trinajstić information content (AvgIpc) is 2.66. The topological polar surface area (TPSA) is 76.7 Å². The van der Waals surface area contributed by atoms with Crippen LogP contribution in [-0.4, -0.2) is 31.1 Å². The van der Waals surface area contributed by atoms with E-state index in [1.54, 1.807) is 12.1 Å². The summed E-state index contributed by atoms with van der Waals surface area (Å²) < 4.78 is 24.7. The summed E-state index contributed by atoms with van der Waals surface area (Å²) in [6.45, 7) is 4.56. The highest BCUT2D eigenvalue weighted by Crippen LogP contribution is 2.38. The second-order valence-electron chi connectivity index (χ2n) is 6.67. The van der Waals surface area contributed by atoms with Gasteiger partial charge in [0.05, 0.1) is 5.69 Å². The van der Waals surface area contributed by atoms with Crippen LogP contribution in [0.15, 0.2) is 40.9 Å². The summed E-state index contributed by atoms with van der Waals surface area (Å²) in [4.78, 5) is 25.2. The summed E-state index contributed by atoms with van der Waals surface area (Å²) in [7, 11) is 0. The number of halogens is 2. The van der Waals surface area contributed by atoms with Crippen molar-refractivity contribution in [1.82, 2.24) is 5.32 Å². The Hall–Kier alpha value is -2.61. The molecule has 0 bridgehead atoms. The second kappa shape index (κ2) is 8.60. The van der Waals surface area contributed by atoms with Crippen molar-refractivity contribution in [3.8, 4) is 11.5 Å². The lowest BCUT2D eigenvalue weighted by atomic mass is 10.0. The average molecular weight is 451 g/mol. The standard InChI is InChI=1S/C20H20BrFN2O4/c1-11(2)18(24-19(25)12-3-5-13(22)6-4-12)20(26)23-15-10-17-16(9-14(15)21)27-7-8-28-17/h3-6,9-11,18H,7-8H2,1-2H3,(H,23,26)(H,24,25). The third kappa shape index (κ3) is 4.62. The molecule has 1 aliphatic heterocycles. The molecule has 148 valence electrons. The van der Waals surface area contributed by atoms with Gasteiger partial charge in [0.1, 0.15) is 25.1 Å². The number of carbonyl (C=O) groups excluding carboxylic acids is 2. The SMILES string of the molecule is CC(C)C(NC(=O)c1ccc(F)cc1)C(=O)Nc1cc2c(cc1Br)OCCO2. The van der Waals surface area contributed by atoms with Crippen molar-refractivity contribution >= 4 is 33.4 Å². The van der Waals surface area contributed by atoms with Crippen molar-refractivity contribution in [3.05, 3.63) is 52.3 Å². The van der Waals surface area contributed by atoms with Crippen molar-refractivity contribution in [2.75, 3.05) is 18.5 Å². The van der Waals surface area contributed by atoms with E-state index < -0.39 is 17.8 Å². The number of anilines is 1. The monoisotopic (exact) mass is 450 g/mol. The van der Waals surface area contributed by atoms with E-state index in [0.717, 1.165) is 0 Å². The maximum Gasteiger partial charge on any atom is 0.251 e. The van der Waals surface area contributed by atoms with Crippen LogP contribution >= 0.6 is 15.9 Å². The van der Waals surface area contributed by atoms with Crippen molar-refractivity contribution in [2.24, 2.45) is 5.92 Å². The van der Waals surface area contributed by atoms with Gasteiger partial charge in [0.2, 0.25) is 5.91 Å². The number of ether oxygens (including phenoxy) is 2. The maximum absolute atomic E-state index is 13.0. The first-order chi connectivity index (χ1) is 13.3. The highest BCUT2D eigenvalue weighted by molar-refractivity contribution is 9.10. The maximum atomic E-state index is 13.0. The van der Waals surface area contributed by atoms with Crippen molar-refractivity contribution in [1.29, 1.82) is 0 Å². The molecule has 8 heteroatoms. The number of carbonyl (C=O) groups is 2. The van der Waals surface area contributed by atoms with Crippen LogP contribution < -0.4 is 20.1 Å². The number of nitrogens with one attached hydrogen (secondary N) is 2. The summed E-state index contributed by atoms with van der Waals surface area (Å²) in [6, 6.07) is 7.77. The van der Waals surface area contributed by atoms with Gasteiger partial charge in [0, 0.05) is 22.2 Å². The molecule has 0 saturated heterocycles. The molecule has 0 saturated carbocycles. The van der Waals surface area contributed by atoms with E-state index in [0.29, 0.717) is 34.9 Å². The summed E-state index contributed by atoms with van der Waals surface area (Å²) in [5, 5.41) is 5.52. The Morgan fingerprint density at radius 1 is 1.07 bits per heavy atom. The van der Waals surface area contributed by atoms with Crippen LogP contribution in [0.25, 0.3) is 0 Å². The Kier molecular flexibility index (Phi) is 6.18. The molecule has 1 atom stereocenters. The van der Waals surface area contributed by atoms with E-state index in [4.69, 9.17) is 9.47 Å². The van der Waals surface area contributed by atoms with E-state index in [9.17, 15) is 14.0 Å². The van der Waals surface area contributed by atoms with Gasteiger partial charge < -0.3 is 20.1 Å². The zero-order valence-electron chi connectivity index (χ0n) is 15.4. The molecule has 2 aromatic rings. The molecular weight excluding hydrogens is 431 g/mol. The summed E-state index contributed by atoms with van der Waals surface area (Å²) >= 11 is 3.41. The van der Waals surface area contributed by atoms with Gasteiger partial charge in [0.15, 0.2) is 11.5 Å². The highest BCUT2D eigenvalue weighted by Gasteiger charge is 2.26. The molecule has 1 aliphatic rings. The van der Waals surface area contributed by atoms with Gasteiger partial charge in [0.25, 0.3) is 5.91 Å². The molecule has 1 unspecified atom stereocenters. The van der Waals surface area contributed by atoms with Gasteiger partial charge in [-0.2, -0.15) is 0 Å². The van der Waals surface area contributed by atoms with Gasteiger partial charge in [-0.1, -0.05) is 13.8 Å². The number of rotatable bonds is 5. The minimum absolute atomic E-state index is 0.166. The number of benzene rings is 2. The quantitative estimate of drug-likeness (QED) is 0.726. The molecule has 0 aliphatic carbocycles. The minimum Gasteiger partial charge on any atom is -0.486 e. The molecule has 0 aromatic heterocycles. The summed E-state index contributed by atoms with van der Waals surface area (Å²) in [6.07, 6.45) is 0. The lowest BCUT2D eigenvalue weighted by molar-refractivity contribution is -0.118. The number of fused-ring (bicyclic) bond motifs is 1. The summed E-state index contributed by atoms with van der Waals surface area (Å²) in [5.41, 5.74) is 0.788. The number of hydrogen-bond donors (Lipinski definition) is 2. The number of hydrogen-bond acceptors (Lipinski definition) is 4. The lowest BCUT2D eigenvalue weighted by Gasteiger charge is -2.23. The third-order valence-electron chi connectivity index (χ3n) is 4.23. The largest absolute Gasteiger partial charge is 0.486 e. The van der Waals surface area contributed by atoms with Crippen molar-refractivity contribution in [2.45, 2.75) is 19.9 Å². The molecule has 6 nitrogen and oxygen atoms in total. The fourth-order valence-electron chi connectivity index (χ4n) is 2.73. The first-order valence-corrected chi connectivity index (χ1v) is 9.61. The van der Waals surface area contributed by atoms with Crippen LogP contribution in [0, 0.1) is 11.7 Å². The highest BCUT2D eigenvalue weighted by atomic mass is 79.9. The van der Waals surface area contributed by atoms with Crippen LogP contribution in [0.1, 0.15) is 24.2 Å². The number of amides is 2. The van der Waals surface area contributed by atoms with Gasteiger partial charge >= 0.3 is 0 Å². The van der Waals surface area contributed by atoms with Crippen molar-refractivity contribution in [3.63, 3.8) is 0 Å². The zero-order chi connectivity index (χ0) is 20.3. The molecule has 3 rings (SSSR count). The predicted molar refractivity (Wildman–Crippen MR) is 106 cm³/mol. The fraction of sp³-hybridized carbons (Fsp3) is 0.300. The van der Waals surface area contributed by atoms with E-state index >= 15 is 0 Å². The lowest BCUT2D eigenvalue weighted by Crippen LogP contribution is -2.47. The first kappa shape index (κ1) is 20.1. The predicted octanol–water partition coefficient (Wildman–Crippen LogP) is 3.75. The Balaban J connectivity index is 1.74. The van der Waals surface area contributed by atoms with Crippen LogP contribution in [0.3, 0.4) is 0 Å².